The molecular weight excluding hydrogens is 230 g/mol. The second-order valence-corrected chi connectivity index (χ2v) is 5.88. The van der Waals surface area contributed by atoms with Gasteiger partial charge in [-0.25, -0.2) is 0 Å². The van der Waals surface area contributed by atoms with Crippen LogP contribution in [0.1, 0.15) is 17.7 Å². The molecule has 2 nitrogen and oxygen atoms in total. The van der Waals surface area contributed by atoms with Gasteiger partial charge in [0.1, 0.15) is 0 Å². The highest BCUT2D eigenvalue weighted by molar-refractivity contribution is 7.16. The molecule has 0 spiro atoms. The van der Waals surface area contributed by atoms with E-state index in [1.807, 2.05) is 12.1 Å². The summed E-state index contributed by atoms with van der Waals surface area (Å²) in [4.78, 5) is 1.18. The van der Waals surface area contributed by atoms with Gasteiger partial charge >= 0.3 is 0 Å². The Hall–Kier alpha value is -0.0900. The number of rotatable bonds is 3. The topological polar surface area (TPSA) is 32.3 Å². The van der Waals surface area contributed by atoms with E-state index in [1.165, 1.54) is 11.3 Å². The van der Waals surface area contributed by atoms with Crippen molar-refractivity contribution in [3.05, 3.63) is 21.3 Å². The molecule has 0 amide bonds. The van der Waals surface area contributed by atoms with Crippen LogP contribution in [0.3, 0.4) is 0 Å². The summed E-state index contributed by atoms with van der Waals surface area (Å²) in [6, 6.07) is 3.90. The van der Waals surface area contributed by atoms with Crippen LogP contribution in [0.15, 0.2) is 12.1 Å². The quantitative estimate of drug-likeness (QED) is 0.857. The standard InChI is InChI=1S/C11H16ClNOS/c12-11-4-3-9(15-11)6-10(14)8-2-1-5-13-7-8/h3-4,8,10,13-14H,1-2,5-7H2. The number of nitrogens with one attached hydrogen (secondary N) is 1. The van der Waals surface area contributed by atoms with Gasteiger partial charge in [-0.15, -0.1) is 11.3 Å². The van der Waals surface area contributed by atoms with Crippen LogP contribution in [0.4, 0.5) is 0 Å². The van der Waals surface area contributed by atoms with Gasteiger partial charge in [0.2, 0.25) is 0 Å². The number of halogens is 1. The smallest absolute Gasteiger partial charge is 0.0931 e. The van der Waals surface area contributed by atoms with Crippen molar-refractivity contribution < 1.29 is 5.11 Å². The molecule has 0 saturated carbocycles. The summed E-state index contributed by atoms with van der Waals surface area (Å²) in [6.45, 7) is 2.04. The third-order valence-corrected chi connectivity index (χ3v) is 4.17. The van der Waals surface area contributed by atoms with E-state index in [1.54, 1.807) is 11.3 Å². The fourth-order valence-corrected chi connectivity index (χ4v) is 3.18. The van der Waals surface area contributed by atoms with Crippen molar-refractivity contribution in [2.45, 2.75) is 25.4 Å². The molecule has 2 rings (SSSR count). The predicted octanol–water partition coefficient (Wildman–Crippen LogP) is 2.30. The van der Waals surface area contributed by atoms with Gasteiger partial charge in [0, 0.05) is 17.8 Å². The number of hydrogen-bond donors (Lipinski definition) is 2. The summed E-state index contributed by atoms with van der Waals surface area (Å²) >= 11 is 7.42. The zero-order valence-electron chi connectivity index (χ0n) is 8.58. The van der Waals surface area contributed by atoms with Crippen LogP contribution < -0.4 is 5.32 Å². The summed E-state index contributed by atoms with van der Waals surface area (Å²) in [5.41, 5.74) is 0. The van der Waals surface area contributed by atoms with E-state index in [2.05, 4.69) is 5.32 Å². The van der Waals surface area contributed by atoms with Crippen molar-refractivity contribution in [3.63, 3.8) is 0 Å². The van der Waals surface area contributed by atoms with Crippen LogP contribution in [0, 0.1) is 5.92 Å². The maximum atomic E-state index is 10.1. The molecule has 1 aromatic heterocycles. The molecular formula is C11H16ClNOS. The van der Waals surface area contributed by atoms with Gasteiger partial charge in [-0.05, 0) is 37.4 Å². The van der Waals surface area contributed by atoms with Gasteiger partial charge in [0.25, 0.3) is 0 Å². The normalized spacial score (nSPS) is 24.0. The highest BCUT2D eigenvalue weighted by Gasteiger charge is 2.21. The Bertz CT molecular complexity index is 309. The van der Waals surface area contributed by atoms with Crippen molar-refractivity contribution in [1.29, 1.82) is 0 Å². The largest absolute Gasteiger partial charge is 0.392 e. The number of aliphatic hydroxyl groups is 1. The molecule has 1 fully saturated rings. The molecule has 0 aliphatic carbocycles. The second-order valence-electron chi connectivity index (χ2n) is 4.08. The first-order valence-corrected chi connectivity index (χ1v) is 6.58. The van der Waals surface area contributed by atoms with Gasteiger partial charge in [0.05, 0.1) is 10.4 Å². The van der Waals surface area contributed by atoms with E-state index >= 15 is 0 Å². The Morgan fingerprint density at radius 3 is 3.07 bits per heavy atom. The van der Waals surface area contributed by atoms with E-state index in [4.69, 9.17) is 11.6 Å². The molecule has 1 aliphatic rings. The summed E-state index contributed by atoms with van der Waals surface area (Å²) in [5, 5.41) is 13.4. The molecule has 1 aliphatic heterocycles. The minimum atomic E-state index is -0.229. The van der Waals surface area contributed by atoms with Crippen LogP contribution in [-0.2, 0) is 6.42 Å². The molecule has 2 atom stereocenters. The van der Waals surface area contributed by atoms with Gasteiger partial charge in [0.15, 0.2) is 0 Å². The van der Waals surface area contributed by atoms with E-state index in [0.29, 0.717) is 5.92 Å². The molecule has 0 aromatic carbocycles. The van der Waals surface area contributed by atoms with Crippen molar-refractivity contribution in [3.8, 4) is 0 Å². The van der Waals surface area contributed by atoms with Gasteiger partial charge in [-0.3, -0.25) is 0 Å². The molecule has 2 heterocycles. The molecule has 1 aromatic rings. The third kappa shape index (κ3) is 3.18. The van der Waals surface area contributed by atoms with Crippen LogP contribution in [0.5, 0.6) is 0 Å². The Balaban J connectivity index is 1.88. The summed E-state index contributed by atoms with van der Waals surface area (Å²) in [5.74, 6) is 0.402. The van der Waals surface area contributed by atoms with Crippen molar-refractivity contribution in [2.24, 2.45) is 5.92 Å². The van der Waals surface area contributed by atoms with E-state index < -0.39 is 0 Å². The van der Waals surface area contributed by atoms with E-state index in [-0.39, 0.29) is 6.10 Å². The van der Waals surface area contributed by atoms with Crippen LogP contribution >= 0.6 is 22.9 Å². The second kappa shape index (κ2) is 5.30. The first kappa shape index (κ1) is 11.4. The van der Waals surface area contributed by atoms with E-state index in [0.717, 1.165) is 30.3 Å². The number of aliphatic hydroxyl groups excluding tert-OH is 1. The lowest BCUT2D eigenvalue weighted by molar-refractivity contribution is 0.0929. The van der Waals surface area contributed by atoms with Crippen LogP contribution in [0.25, 0.3) is 0 Å². The minimum absolute atomic E-state index is 0.229. The molecule has 0 radical (unpaired) electrons. The number of thiophene rings is 1. The lowest BCUT2D eigenvalue weighted by Gasteiger charge is -2.27. The molecule has 4 heteroatoms. The van der Waals surface area contributed by atoms with Gasteiger partial charge in [-0.2, -0.15) is 0 Å². The highest BCUT2D eigenvalue weighted by atomic mass is 35.5. The average molecular weight is 246 g/mol. The SMILES string of the molecule is OC(Cc1ccc(Cl)s1)C1CCCNC1. The Labute approximate surface area is 99.3 Å². The zero-order chi connectivity index (χ0) is 10.7. The summed E-state index contributed by atoms with van der Waals surface area (Å²) in [7, 11) is 0. The van der Waals surface area contributed by atoms with Crippen molar-refractivity contribution >= 4 is 22.9 Å². The Kier molecular flexibility index (Phi) is 4.03. The number of piperidine rings is 1. The molecule has 84 valence electrons. The van der Waals surface area contributed by atoms with Gasteiger partial charge < -0.3 is 10.4 Å². The third-order valence-electron chi connectivity index (χ3n) is 2.92. The zero-order valence-corrected chi connectivity index (χ0v) is 10.2. The average Bonchev–Trinajstić information content (AvgIpc) is 2.65. The first-order chi connectivity index (χ1) is 7.25. The van der Waals surface area contributed by atoms with Crippen molar-refractivity contribution in [1.82, 2.24) is 5.32 Å². The fraction of sp³-hybridized carbons (Fsp3) is 0.636. The maximum Gasteiger partial charge on any atom is 0.0931 e. The van der Waals surface area contributed by atoms with Crippen LogP contribution in [0.2, 0.25) is 4.34 Å². The molecule has 2 N–H and O–H groups in total. The molecule has 2 unspecified atom stereocenters. The molecule has 15 heavy (non-hydrogen) atoms. The molecule has 1 saturated heterocycles. The minimum Gasteiger partial charge on any atom is -0.392 e. The lowest BCUT2D eigenvalue weighted by atomic mass is 9.92. The van der Waals surface area contributed by atoms with Crippen molar-refractivity contribution in [2.75, 3.05) is 13.1 Å². The summed E-state index contributed by atoms with van der Waals surface area (Å²) < 4.78 is 0.805. The van der Waals surface area contributed by atoms with E-state index in [9.17, 15) is 5.11 Å². The van der Waals surface area contributed by atoms with Gasteiger partial charge in [-0.1, -0.05) is 11.6 Å². The fourth-order valence-electron chi connectivity index (χ4n) is 2.04. The number of hydrogen-bond acceptors (Lipinski definition) is 3. The highest BCUT2D eigenvalue weighted by Crippen LogP contribution is 2.25. The molecule has 0 bridgehead atoms. The summed E-state index contributed by atoms with van der Waals surface area (Å²) in [6.07, 6.45) is 2.82. The first-order valence-electron chi connectivity index (χ1n) is 5.38. The van der Waals surface area contributed by atoms with Crippen LogP contribution in [-0.4, -0.2) is 24.3 Å². The maximum absolute atomic E-state index is 10.1. The monoisotopic (exact) mass is 245 g/mol. The lowest BCUT2D eigenvalue weighted by Crippen LogP contribution is -2.37. The Morgan fingerprint density at radius 2 is 2.47 bits per heavy atom. The predicted molar refractivity (Wildman–Crippen MR) is 64.6 cm³/mol. The Morgan fingerprint density at radius 1 is 1.60 bits per heavy atom.